The van der Waals surface area contributed by atoms with E-state index in [1.54, 1.807) is 13.3 Å². The molecule has 0 spiro atoms. The third kappa shape index (κ3) is 10.7. The van der Waals surface area contributed by atoms with Crippen molar-refractivity contribution < 1.29 is 28.5 Å². The number of piperidine rings is 1. The predicted octanol–water partition coefficient (Wildman–Crippen LogP) is 8.50. The van der Waals surface area contributed by atoms with Crippen molar-refractivity contribution in [2.75, 3.05) is 45.5 Å². The number of rotatable bonds is 16. The van der Waals surface area contributed by atoms with E-state index >= 15 is 0 Å². The van der Waals surface area contributed by atoms with E-state index in [-0.39, 0.29) is 36.0 Å². The summed E-state index contributed by atoms with van der Waals surface area (Å²) in [4.78, 5) is 27.1. The molecule has 0 radical (unpaired) electrons. The molecule has 0 saturated carbocycles. The van der Waals surface area contributed by atoms with Crippen molar-refractivity contribution in [1.82, 2.24) is 24.5 Å². The van der Waals surface area contributed by atoms with Gasteiger partial charge in [0.1, 0.15) is 24.9 Å². The maximum Gasteiger partial charge on any atom is 0.410 e. The van der Waals surface area contributed by atoms with Crippen molar-refractivity contribution in [1.29, 1.82) is 0 Å². The number of hydrogen-bond donors (Lipinski definition) is 0. The molecule has 2 atom stereocenters. The minimum Gasteiger partial charge on any atom is -0.464 e. The van der Waals surface area contributed by atoms with E-state index in [0.717, 1.165) is 60.4 Å². The van der Waals surface area contributed by atoms with Crippen LogP contribution in [0.2, 0.25) is 56.5 Å². The number of ether oxygens (including phenoxy) is 5. The molecule has 3 aromatic heterocycles. The molecule has 15 heteroatoms. The van der Waals surface area contributed by atoms with Gasteiger partial charge in [0.25, 0.3) is 0 Å². The topological polar surface area (TPSA) is 113 Å². The highest BCUT2D eigenvalue weighted by Gasteiger charge is 2.45. The van der Waals surface area contributed by atoms with E-state index < -0.39 is 21.7 Å². The van der Waals surface area contributed by atoms with E-state index in [1.165, 1.54) is 0 Å². The van der Waals surface area contributed by atoms with Crippen LogP contribution in [0.4, 0.5) is 10.6 Å². The van der Waals surface area contributed by atoms with Crippen LogP contribution in [0.15, 0.2) is 24.5 Å². The summed E-state index contributed by atoms with van der Waals surface area (Å²) in [6.45, 7) is 22.0. The lowest BCUT2D eigenvalue weighted by atomic mass is 9.88. The number of amides is 1. The van der Waals surface area contributed by atoms with Gasteiger partial charge in [-0.15, -0.1) is 0 Å². The Labute approximate surface area is 316 Å². The molecule has 2 bridgehead atoms. The molecule has 2 saturated heterocycles. The minimum atomic E-state index is -1.29. The molecular formula is C37H59ClN6O6Si2. The zero-order valence-electron chi connectivity index (χ0n) is 32.8. The van der Waals surface area contributed by atoms with E-state index in [1.807, 2.05) is 42.4 Å². The first-order valence-electron chi connectivity index (χ1n) is 18.5. The summed E-state index contributed by atoms with van der Waals surface area (Å²) >= 11 is 6.39. The molecule has 2 unspecified atom stereocenters. The Morgan fingerprint density at radius 2 is 1.58 bits per heavy atom. The standard InChI is InChI=1S/C37H59ClN6O6Si2/c1-37(2,3)50-36(45)43-28-11-12-29(43)18-26(17-28)31-20-33(42(23-47-13-15-51(5,6)7)24-48-14-16-52(8,9)10)44-35(41-31)30(22-40-44)27-19-32(49-25-46-4)34(38)39-21-27/h19-22,26,28-29H,11-18,23-25H2,1-10H3. The molecule has 5 rings (SSSR count). The van der Waals surface area contributed by atoms with E-state index in [4.69, 9.17) is 45.4 Å². The Kier molecular flexibility index (Phi) is 13.0. The van der Waals surface area contributed by atoms with Crippen LogP contribution in [0.1, 0.15) is 58.1 Å². The highest BCUT2D eigenvalue weighted by molar-refractivity contribution is 6.76. The lowest BCUT2D eigenvalue weighted by molar-refractivity contribution is 0.00568. The fraction of sp³-hybridized carbons (Fsp3) is 0.676. The molecule has 5 heterocycles. The van der Waals surface area contributed by atoms with Crippen LogP contribution in [0.25, 0.3) is 16.8 Å². The highest BCUT2D eigenvalue weighted by atomic mass is 35.5. The predicted molar refractivity (Wildman–Crippen MR) is 211 cm³/mol. The largest absolute Gasteiger partial charge is 0.464 e. The molecular weight excluding hydrogens is 716 g/mol. The third-order valence-corrected chi connectivity index (χ3v) is 13.2. The lowest BCUT2D eigenvalue weighted by Gasteiger charge is -2.39. The number of aromatic nitrogens is 4. The molecule has 12 nitrogen and oxygen atoms in total. The van der Waals surface area contributed by atoms with Gasteiger partial charge in [-0.3, -0.25) is 0 Å². The van der Waals surface area contributed by atoms with Gasteiger partial charge in [-0.05, 0) is 64.6 Å². The van der Waals surface area contributed by atoms with Gasteiger partial charge in [0.15, 0.2) is 23.3 Å². The van der Waals surface area contributed by atoms with Crippen LogP contribution >= 0.6 is 11.6 Å². The van der Waals surface area contributed by atoms with Gasteiger partial charge >= 0.3 is 6.09 Å². The van der Waals surface area contributed by atoms with Gasteiger partial charge in [-0.2, -0.15) is 9.61 Å². The average Bonchev–Trinajstić information content (AvgIpc) is 3.59. The monoisotopic (exact) mass is 774 g/mol. The lowest BCUT2D eigenvalue weighted by Crippen LogP contribution is -2.48. The zero-order valence-corrected chi connectivity index (χ0v) is 35.6. The van der Waals surface area contributed by atoms with Crippen molar-refractivity contribution in [3.63, 3.8) is 0 Å². The van der Waals surface area contributed by atoms with Gasteiger partial charge in [0.2, 0.25) is 0 Å². The number of anilines is 1. The fourth-order valence-corrected chi connectivity index (χ4v) is 8.38. The van der Waals surface area contributed by atoms with Crippen molar-refractivity contribution >= 4 is 45.3 Å². The Morgan fingerprint density at radius 1 is 0.962 bits per heavy atom. The number of methoxy groups -OCH3 is 1. The smallest absolute Gasteiger partial charge is 0.410 e. The Hall–Kier alpha value is -2.76. The molecule has 0 N–H and O–H groups in total. The van der Waals surface area contributed by atoms with Crippen LogP contribution in [-0.2, 0) is 18.9 Å². The van der Waals surface area contributed by atoms with Gasteiger partial charge in [-0.25, -0.2) is 14.8 Å². The highest BCUT2D eigenvalue weighted by Crippen LogP contribution is 2.44. The molecule has 2 fully saturated rings. The number of hydrogen-bond acceptors (Lipinski definition) is 10. The summed E-state index contributed by atoms with van der Waals surface area (Å²) in [6.07, 6.45) is 6.82. The normalized spacial score (nSPS) is 19.4. The van der Waals surface area contributed by atoms with Crippen LogP contribution in [0.3, 0.4) is 0 Å². The van der Waals surface area contributed by atoms with E-state index in [2.05, 4.69) is 55.2 Å². The molecule has 288 valence electrons. The summed E-state index contributed by atoms with van der Waals surface area (Å²) < 4.78 is 31.3. The first kappa shape index (κ1) is 40.4. The molecule has 3 aromatic rings. The molecule has 2 aliphatic heterocycles. The number of fused-ring (bicyclic) bond motifs is 3. The summed E-state index contributed by atoms with van der Waals surface area (Å²) in [5, 5.41) is 5.13. The van der Waals surface area contributed by atoms with Crippen molar-refractivity contribution in [3.05, 3.63) is 35.4 Å². The molecule has 1 amide bonds. The number of halogens is 1. The van der Waals surface area contributed by atoms with Crippen LogP contribution in [0, 0.1) is 0 Å². The number of carbonyl (C=O) groups excluding carboxylic acids is 1. The van der Waals surface area contributed by atoms with Crippen molar-refractivity contribution in [3.8, 4) is 16.9 Å². The summed E-state index contributed by atoms with van der Waals surface area (Å²) in [6, 6.07) is 6.31. The van der Waals surface area contributed by atoms with Gasteiger partial charge < -0.3 is 33.5 Å². The maximum atomic E-state index is 13.3. The van der Waals surface area contributed by atoms with Gasteiger partial charge in [-0.1, -0.05) is 50.9 Å². The summed E-state index contributed by atoms with van der Waals surface area (Å²) in [5.74, 6) is 1.39. The fourth-order valence-electron chi connectivity index (χ4n) is 6.71. The Morgan fingerprint density at radius 3 is 2.13 bits per heavy atom. The third-order valence-electron chi connectivity index (χ3n) is 9.49. The summed E-state index contributed by atoms with van der Waals surface area (Å²) in [5.41, 5.74) is 2.66. The second kappa shape index (κ2) is 16.7. The summed E-state index contributed by atoms with van der Waals surface area (Å²) in [7, 11) is -1.02. The van der Waals surface area contributed by atoms with Crippen LogP contribution < -0.4 is 9.64 Å². The van der Waals surface area contributed by atoms with Gasteiger partial charge in [0, 0.05) is 83.6 Å². The average molecular weight is 776 g/mol. The number of nitrogens with zero attached hydrogens (tertiary/aromatic N) is 6. The van der Waals surface area contributed by atoms with Crippen molar-refractivity contribution in [2.45, 2.75) is 121 Å². The molecule has 52 heavy (non-hydrogen) atoms. The Bertz CT molecular complexity index is 1640. The maximum absolute atomic E-state index is 13.3. The zero-order chi connectivity index (χ0) is 37.8. The van der Waals surface area contributed by atoms with Crippen LogP contribution in [0.5, 0.6) is 5.75 Å². The molecule has 2 aliphatic rings. The van der Waals surface area contributed by atoms with E-state index in [0.29, 0.717) is 38.1 Å². The Balaban J connectivity index is 1.54. The van der Waals surface area contributed by atoms with Crippen molar-refractivity contribution in [2.24, 2.45) is 0 Å². The second-order valence-electron chi connectivity index (χ2n) is 17.6. The van der Waals surface area contributed by atoms with Gasteiger partial charge in [0.05, 0.1) is 6.20 Å². The molecule has 0 aliphatic carbocycles. The van der Waals surface area contributed by atoms with E-state index in [9.17, 15) is 4.79 Å². The number of pyridine rings is 1. The second-order valence-corrected chi connectivity index (χ2v) is 29.2. The quantitative estimate of drug-likeness (QED) is 0.0608. The SMILES string of the molecule is COCOc1cc(-c2cnn3c(N(COCC[Si](C)(C)C)COCC[Si](C)(C)C)cc(C4CC5CCC(C4)N5C(=O)OC(C)(C)C)nc23)cnc1Cl. The number of carbonyl (C=O) groups is 1. The first-order chi connectivity index (χ1) is 24.4. The van der Waals surface area contributed by atoms with Crippen LogP contribution in [-0.4, -0.2) is 105 Å². The minimum absolute atomic E-state index is 0.0425. The first-order valence-corrected chi connectivity index (χ1v) is 26.3. The molecule has 0 aromatic carbocycles.